The minimum atomic E-state index is -0.247. The second kappa shape index (κ2) is 4.93. The van der Waals surface area contributed by atoms with Gasteiger partial charge in [0.15, 0.2) is 0 Å². The van der Waals surface area contributed by atoms with Crippen LogP contribution in [0.15, 0.2) is 11.7 Å². The van der Waals surface area contributed by atoms with Crippen molar-refractivity contribution in [3.8, 4) is 0 Å². The van der Waals surface area contributed by atoms with Crippen LogP contribution in [0.4, 0.5) is 0 Å². The van der Waals surface area contributed by atoms with Gasteiger partial charge in [0.2, 0.25) is 5.91 Å². The van der Waals surface area contributed by atoms with Gasteiger partial charge in [-0.25, -0.2) is 0 Å². The van der Waals surface area contributed by atoms with Crippen LogP contribution in [0.5, 0.6) is 0 Å². The van der Waals surface area contributed by atoms with Crippen LogP contribution < -0.4 is 10.6 Å². The molecule has 2 N–H and O–H groups in total. The fraction of sp³-hybridized carbons (Fsp3) is 0.636. The van der Waals surface area contributed by atoms with E-state index in [0.717, 1.165) is 30.8 Å². The van der Waals surface area contributed by atoms with E-state index in [0.29, 0.717) is 6.54 Å². The topological polar surface area (TPSA) is 54.0 Å². The van der Waals surface area contributed by atoms with Gasteiger partial charge in [0.1, 0.15) is 0 Å². The number of carbonyl (C=O) groups excluding carboxylic acids is 1. The molecule has 1 aliphatic rings. The molecule has 1 aromatic rings. The molecule has 1 aromatic heterocycles. The average Bonchev–Trinajstić information content (AvgIpc) is 2.79. The number of piperidine rings is 1. The highest BCUT2D eigenvalue weighted by atomic mass is 32.1. The fourth-order valence-corrected chi connectivity index (χ4v) is 2.49. The minimum absolute atomic E-state index is 0.146. The molecule has 1 saturated heterocycles. The van der Waals surface area contributed by atoms with Crippen molar-refractivity contribution in [2.24, 2.45) is 5.41 Å². The maximum atomic E-state index is 12.0. The minimum Gasteiger partial charge on any atom is -0.351 e. The van der Waals surface area contributed by atoms with Gasteiger partial charge in [-0.3, -0.25) is 9.78 Å². The second-order valence-electron chi connectivity index (χ2n) is 4.49. The molecule has 2 rings (SSSR count). The van der Waals surface area contributed by atoms with Crippen LogP contribution >= 0.6 is 11.3 Å². The lowest BCUT2D eigenvalue weighted by Gasteiger charge is -2.32. The smallest absolute Gasteiger partial charge is 0.227 e. The molecule has 0 aromatic carbocycles. The Bertz CT molecular complexity index is 344. The highest BCUT2D eigenvalue weighted by Gasteiger charge is 2.34. The Labute approximate surface area is 99.5 Å². The lowest BCUT2D eigenvalue weighted by atomic mass is 9.82. The van der Waals surface area contributed by atoms with Gasteiger partial charge in [0, 0.05) is 17.6 Å². The zero-order valence-corrected chi connectivity index (χ0v) is 10.3. The highest BCUT2D eigenvalue weighted by molar-refractivity contribution is 7.09. The van der Waals surface area contributed by atoms with Crippen molar-refractivity contribution >= 4 is 17.2 Å². The number of hydrogen-bond acceptors (Lipinski definition) is 4. The zero-order valence-electron chi connectivity index (χ0n) is 9.45. The third-order valence-corrected chi connectivity index (χ3v) is 3.83. The molecule has 5 heteroatoms. The predicted octanol–water partition coefficient (Wildman–Crippen LogP) is 1.15. The molecule has 1 aliphatic heterocycles. The van der Waals surface area contributed by atoms with Gasteiger partial charge in [-0.1, -0.05) is 0 Å². The molecule has 0 bridgehead atoms. The third kappa shape index (κ3) is 2.59. The van der Waals surface area contributed by atoms with E-state index in [2.05, 4.69) is 15.6 Å². The molecule has 1 atom stereocenters. The van der Waals surface area contributed by atoms with Gasteiger partial charge in [0.25, 0.3) is 0 Å². The van der Waals surface area contributed by atoms with Crippen LogP contribution in [-0.4, -0.2) is 24.0 Å². The molecule has 0 aliphatic carbocycles. The van der Waals surface area contributed by atoms with Gasteiger partial charge in [-0.05, 0) is 26.3 Å². The number of nitrogens with zero attached hydrogens (tertiary/aromatic N) is 1. The van der Waals surface area contributed by atoms with Crippen LogP contribution in [0.25, 0.3) is 0 Å². The molecule has 4 nitrogen and oxygen atoms in total. The van der Waals surface area contributed by atoms with Gasteiger partial charge >= 0.3 is 0 Å². The van der Waals surface area contributed by atoms with Crippen LogP contribution in [0.3, 0.4) is 0 Å². The summed E-state index contributed by atoms with van der Waals surface area (Å²) >= 11 is 1.57. The van der Waals surface area contributed by atoms with E-state index in [1.807, 2.05) is 6.92 Å². The molecular weight excluding hydrogens is 222 g/mol. The number of nitrogens with one attached hydrogen (secondary N) is 2. The number of hydrogen-bond donors (Lipinski definition) is 2. The van der Waals surface area contributed by atoms with Crippen LogP contribution in [0, 0.1) is 5.41 Å². The van der Waals surface area contributed by atoms with Crippen molar-refractivity contribution in [1.29, 1.82) is 0 Å². The summed E-state index contributed by atoms with van der Waals surface area (Å²) in [5.41, 5.74) is 1.54. The summed E-state index contributed by atoms with van der Waals surface area (Å²) in [6, 6.07) is 0. The highest BCUT2D eigenvalue weighted by Crippen LogP contribution is 2.25. The van der Waals surface area contributed by atoms with E-state index >= 15 is 0 Å². The summed E-state index contributed by atoms with van der Waals surface area (Å²) in [5.74, 6) is 0.146. The lowest BCUT2D eigenvalue weighted by Crippen LogP contribution is -2.48. The molecule has 1 unspecified atom stereocenters. The van der Waals surface area contributed by atoms with E-state index in [-0.39, 0.29) is 11.3 Å². The van der Waals surface area contributed by atoms with Crippen molar-refractivity contribution in [2.75, 3.05) is 13.1 Å². The van der Waals surface area contributed by atoms with Crippen molar-refractivity contribution < 1.29 is 4.79 Å². The Morgan fingerprint density at radius 2 is 2.62 bits per heavy atom. The van der Waals surface area contributed by atoms with Gasteiger partial charge in [-0.15, -0.1) is 11.3 Å². The Morgan fingerprint density at radius 3 is 3.25 bits per heavy atom. The summed E-state index contributed by atoms with van der Waals surface area (Å²) < 4.78 is 0. The van der Waals surface area contributed by atoms with Gasteiger partial charge in [0.05, 0.1) is 17.5 Å². The van der Waals surface area contributed by atoms with Crippen LogP contribution in [-0.2, 0) is 11.3 Å². The zero-order chi connectivity index (χ0) is 11.4. The quantitative estimate of drug-likeness (QED) is 0.832. The molecule has 16 heavy (non-hydrogen) atoms. The fourth-order valence-electron chi connectivity index (χ4n) is 1.96. The number of aromatic nitrogens is 1. The maximum absolute atomic E-state index is 12.0. The SMILES string of the molecule is CC1(C(=O)NCc2cncs2)CCCNC1. The number of rotatable bonds is 3. The summed E-state index contributed by atoms with van der Waals surface area (Å²) in [7, 11) is 0. The summed E-state index contributed by atoms with van der Waals surface area (Å²) in [6.45, 7) is 4.43. The Morgan fingerprint density at radius 1 is 1.75 bits per heavy atom. The van der Waals surface area contributed by atoms with Gasteiger partial charge in [-0.2, -0.15) is 0 Å². The monoisotopic (exact) mass is 239 g/mol. The Kier molecular flexibility index (Phi) is 3.56. The van der Waals surface area contributed by atoms with Crippen LogP contribution in [0.1, 0.15) is 24.6 Å². The molecule has 0 saturated carbocycles. The van der Waals surface area contributed by atoms with E-state index in [1.54, 1.807) is 23.0 Å². The largest absolute Gasteiger partial charge is 0.351 e. The van der Waals surface area contributed by atoms with Crippen LogP contribution in [0.2, 0.25) is 0 Å². The molecule has 2 heterocycles. The first-order valence-electron chi connectivity index (χ1n) is 5.57. The summed E-state index contributed by atoms with van der Waals surface area (Å²) in [6.07, 6.45) is 3.84. The normalized spacial score (nSPS) is 25.3. The van der Waals surface area contributed by atoms with Crippen molar-refractivity contribution in [3.05, 3.63) is 16.6 Å². The third-order valence-electron chi connectivity index (χ3n) is 3.05. The Balaban J connectivity index is 1.87. The van der Waals surface area contributed by atoms with Crippen molar-refractivity contribution in [3.63, 3.8) is 0 Å². The van der Waals surface area contributed by atoms with E-state index in [1.165, 1.54) is 0 Å². The van der Waals surface area contributed by atoms with E-state index < -0.39 is 0 Å². The first-order chi connectivity index (χ1) is 7.71. The predicted molar refractivity (Wildman–Crippen MR) is 64.2 cm³/mol. The number of amides is 1. The molecule has 0 radical (unpaired) electrons. The van der Waals surface area contributed by atoms with Crippen molar-refractivity contribution in [1.82, 2.24) is 15.6 Å². The molecule has 0 spiro atoms. The van der Waals surface area contributed by atoms with Crippen molar-refractivity contribution in [2.45, 2.75) is 26.3 Å². The summed E-state index contributed by atoms with van der Waals surface area (Å²) in [5, 5.41) is 6.27. The molecule has 88 valence electrons. The number of thiazole rings is 1. The Hall–Kier alpha value is -0.940. The van der Waals surface area contributed by atoms with Gasteiger partial charge < -0.3 is 10.6 Å². The average molecular weight is 239 g/mol. The molecule has 1 amide bonds. The maximum Gasteiger partial charge on any atom is 0.227 e. The van der Waals surface area contributed by atoms with E-state index in [4.69, 9.17) is 0 Å². The lowest BCUT2D eigenvalue weighted by molar-refractivity contribution is -0.131. The second-order valence-corrected chi connectivity index (χ2v) is 5.46. The number of carbonyl (C=O) groups is 1. The standard InChI is InChI=1S/C11H17N3OS/c1-11(3-2-4-12-7-11)10(15)14-6-9-5-13-8-16-9/h5,8,12H,2-4,6-7H2,1H3,(H,14,15). The first kappa shape index (κ1) is 11.5. The first-order valence-corrected chi connectivity index (χ1v) is 6.45. The summed E-state index contributed by atoms with van der Waals surface area (Å²) in [4.78, 5) is 17.1. The molecular formula is C11H17N3OS. The van der Waals surface area contributed by atoms with E-state index in [9.17, 15) is 4.79 Å². The molecule has 1 fully saturated rings.